The lowest BCUT2D eigenvalue weighted by atomic mass is 9.82. The minimum atomic E-state index is -2.08. The van der Waals surface area contributed by atoms with Crippen molar-refractivity contribution < 1.29 is 19.1 Å². The van der Waals surface area contributed by atoms with Crippen molar-refractivity contribution in [3.8, 4) is 0 Å². The molecule has 25 heavy (non-hydrogen) atoms. The summed E-state index contributed by atoms with van der Waals surface area (Å²) in [6.07, 6.45) is 2.68. The fourth-order valence-electron chi connectivity index (χ4n) is 3.04. The van der Waals surface area contributed by atoms with E-state index < -0.39 is 37.9 Å². The van der Waals surface area contributed by atoms with E-state index >= 15 is 0 Å². The Kier molecular flexibility index (Phi) is 6.05. The van der Waals surface area contributed by atoms with Crippen molar-refractivity contribution in [2.75, 3.05) is 13.2 Å². The van der Waals surface area contributed by atoms with E-state index in [1.54, 1.807) is 0 Å². The molecule has 0 heterocycles. The predicted octanol–water partition coefficient (Wildman–Crippen LogP) is 4.52. The SMILES string of the molecule is C=CCOC(=O)[C@@H]1[C@H](C(=O)OCC=C)[C@]2(Cl)C(Cl)=C(Cl)[C@@]1(Cl)C2(Cl)Cl. The van der Waals surface area contributed by atoms with E-state index in [2.05, 4.69) is 13.2 Å². The molecule has 1 fully saturated rings. The molecule has 2 bridgehead atoms. The lowest BCUT2D eigenvalue weighted by molar-refractivity contribution is -0.159. The Morgan fingerprint density at radius 1 is 0.880 bits per heavy atom. The minimum absolute atomic E-state index is 0.126. The quantitative estimate of drug-likeness (QED) is 0.326. The van der Waals surface area contributed by atoms with Crippen LogP contribution in [0.3, 0.4) is 0 Å². The summed E-state index contributed by atoms with van der Waals surface area (Å²) in [7, 11) is 0. The van der Waals surface area contributed by atoms with Crippen LogP contribution in [-0.2, 0) is 19.1 Å². The number of allylic oxidation sites excluding steroid dienone is 2. The van der Waals surface area contributed by atoms with Gasteiger partial charge in [-0.25, -0.2) is 0 Å². The average Bonchev–Trinajstić information content (AvgIpc) is 2.77. The highest BCUT2D eigenvalue weighted by molar-refractivity contribution is 6.66. The number of alkyl halides is 4. The first-order chi connectivity index (χ1) is 11.5. The van der Waals surface area contributed by atoms with Gasteiger partial charge in [-0.05, 0) is 0 Å². The van der Waals surface area contributed by atoms with Crippen LogP contribution in [0.1, 0.15) is 0 Å². The van der Waals surface area contributed by atoms with E-state index in [1.165, 1.54) is 12.2 Å². The van der Waals surface area contributed by atoms with Gasteiger partial charge in [0.15, 0.2) is 4.33 Å². The first kappa shape index (κ1) is 21.2. The van der Waals surface area contributed by atoms with Gasteiger partial charge in [-0.2, -0.15) is 0 Å². The number of hydrogen-bond acceptors (Lipinski definition) is 4. The highest BCUT2D eigenvalue weighted by Crippen LogP contribution is 2.76. The number of ether oxygens (including phenoxy) is 2. The van der Waals surface area contributed by atoms with E-state index in [0.29, 0.717) is 0 Å². The third-order valence-electron chi connectivity index (χ3n) is 4.13. The van der Waals surface area contributed by atoms with Gasteiger partial charge in [0.1, 0.15) is 23.0 Å². The summed E-state index contributed by atoms with van der Waals surface area (Å²) < 4.78 is 7.98. The van der Waals surface area contributed by atoms with E-state index in [-0.39, 0.29) is 23.3 Å². The van der Waals surface area contributed by atoms with E-state index in [4.69, 9.17) is 79.1 Å². The summed E-state index contributed by atoms with van der Waals surface area (Å²) in [6, 6.07) is 0. The van der Waals surface area contributed by atoms with Crippen LogP contribution in [0.5, 0.6) is 0 Å². The van der Waals surface area contributed by atoms with Crippen LogP contribution in [0, 0.1) is 11.8 Å². The number of hydrogen-bond donors (Lipinski definition) is 0. The second kappa shape index (κ2) is 7.14. The molecule has 0 aromatic heterocycles. The Morgan fingerprint density at radius 2 is 1.20 bits per heavy atom. The number of carbonyl (C=O) groups is 2. The zero-order chi connectivity index (χ0) is 19.2. The summed E-state index contributed by atoms with van der Waals surface area (Å²) >= 11 is 38.3. The fourth-order valence-corrected chi connectivity index (χ4v) is 5.96. The summed E-state index contributed by atoms with van der Waals surface area (Å²) in [4.78, 5) is 21.2. The first-order valence-electron chi connectivity index (χ1n) is 6.90. The second-order valence-electron chi connectivity index (χ2n) is 5.42. The number of rotatable bonds is 6. The lowest BCUT2D eigenvalue weighted by Crippen LogP contribution is -2.46. The smallest absolute Gasteiger partial charge is 0.312 e. The van der Waals surface area contributed by atoms with Gasteiger partial charge in [-0.1, -0.05) is 71.7 Å². The highest BCUT2D eigenvalue weighted by Gasteiger charge is 2.85. The van der Waals surface area contributed by atoms with Crippen molar-refractivity contribution in [2.24, 2.45) is 11.8 Å². The van der Waals surface area contributed by atoms with Crippen LogP contribution < -0.4 is 0 Å². The standard InChI is InChI=1S/C15H12Cl6O4/c1-3-5-24-11(22)7-8(12(23)25-6-4-2)14(19)10(17)9(16)13(7,18)15(14,20)21/h3-4,7-8H,1-2,5-6H2/t7-,8+,13+,14-. The predicted molar refractivity (Wildman–Crippen MR) is 99.6 cm³/mol. The maximum atomic E-state index is 12.6. The van der Waals surface area contributed by atoms with Crippen molar-refractivity contribution in [1.29, 1.82) is 0 Å². The van der Waals surface area contributed by atoms with Gasteiger partial charge in [-0.15, -0.1) is 23.2 Å². The van der Waals surface area contributed by atoms with Crippen molar-refractivity contribution in [3.05, 3.63) is 35.4 Å². The Bertz CT molecular complexity index is 621. The van der Waals surface area contributed by atoms with Gasteiger partial charge >= 0.3 is 11.9 Å². The minimum Gasteiger partial charge on any atom is -0.461 e. The molecule has 1 saturated carbocycles. The zero-order valence-corrected chi connectivity index (χ0v) is 17.1. The van der Waals surface area contributed by atoms with E-state index in [0.717, 1.165) is 0 Å². The molecule has 0 aromatic carbocycles. The molecule has 0 aromatic rings. The molecule has 0 amide bonds. The lowest BCUT2D eigenvalue weighted by Gasteiger charge is -2.33. The van der Waals surface area contributed by atoms with Gasteiger partial charge in [0.2, 0.25) is 0 Å². The van der Waals surface area contributed by atoms with Crippen LogP contribution in [0.2, 0.25) is 0 Å². The Hall–Kier alpha value is -0.1000. The third-order valence-corrected chi connectivity index (χ3v) is 8.39. The van der Waals surface area contributed by atoms with Crippen molar-refractivity contribution >= 4 is 81.5 Å². The van der Waals surface area contributed by atoms with Crippen LogP contribution in [-0.4, -0.2) is 39.2 Å². The Balaban J connectivity index is 2.62. The molecule has 0 saturated heterocycles. The number of carbonyl (C=O) groups excluding carboxylic acids is 2. The fraction of sp³-hybridized carbons (Fsp3) is 0.467. The van der Waals surface area contributed by atoms with Crippen LogP contribution in [0.15, 0.2) is 35.4 Å². The van der Waals surface area contributed by atoms with E-state index in [9.17, 15) is 9.59 Å². The molecular weight excluding hydrogens is 457 g/mol. The van der Waals surface area contributed by atoms with Crippen LogP contribution in [0.25, 0.3) is 0 Å². The zero-order valence-electron chi connectivity index (χ0n) is 12.5. The van der Waals surface area contributed by atoms with E-state index in [1.807, 2.05) is 0 Å². The molecule has 0 N–H and O–H groups in total. The number of esters is 2. The summed E-state index contributed by atoms with van der Waals surface area (Å²) in [6.45, 7) is 6.63. The van der Waals surface area contributed by atoms with Crippen molar-refractivity contribution in [3.63, 3.8) is 0 Å². The van der Waals surface area contributed by atoms with Gasteiger partial charge in [0.05, 0.1) is 21.9 Å². The molecule has 2 aliphatic rings. The maximum absolute atomic E-state index is 12.6. The second-order valence-corrected chi connectivity index (χ2v) is 8.69. The number of fused-ring (bicyclic) bond motifs is 2. The first-order valence-corrected chi connectivity index (χ1v) is 9.17. The number of halogens is 6. The topological polar surface area (TPSA) is 52.6 Å². The third kappa shape index (κ3) is 2.64. The summed E-state index contributed by atoms with van der Waals surface area (Å²) in [5.74, 6) is -4.61. The van der Waals surface area contributed by atoms with Crippen molar-refractivity contribution in [2.45, 2.75) is 14.1 Å². The van der Waals surface area contributed by atoms with Gasteiger partial charge in [0.25, 0.3) is 0 Å². The molecule has 4 nitrogen and oxygen atoms in total. The molecule has 4 atom stereocenters. The van der Waals surface area contributed by atoms with Gasteiger partial charge in [0, 0.05) is 0 Å². The normalized spacial score (nSPS) is 35.4. The van der Waals surface area contributed by atoms with Gasteiger partial charge < -0.3 is 9.47 Å². The molecule has 138 valence electrons. The molecular formula is C15H12Cl6O4. The largest absolute Gasteiger partial charge is 0.461 e. The maximum Gasteiger partial charge on any atom is 0.312 e. The van der Waals surface area contributed by atoms with Gasteiger partial charge in [-0.3, -0.25) is 9.59 Å². The molecule has 10 heteroatoms. The molecule has 2 rings (SSSR count). The van der Waals surface area contributed by atoms with Crippen LogP contribution in [0.4, 0.5) is 0 Å². The monoisotopic (exact) mass is 466 g/mol. The van der Waals surface area contributed by atoms with Crippen molar-refractivity contribution in [1.82, 2.24) is 0 Å². The Labute approximate surface area is 174 Å². The molecule has 0 unspecified atom stereocenters. The molecule has 0 spiro atoms. The molecule has 0 aliphatic heterocycles. The average molecular weight is 469 g/mol. The highest BCUT2D eigenvalue weighted by atomic mass is 35.5. The summed E-state index contributed by atoms with van der Waals surface area (Å²) in [5, 5.41) is -0.437. The Morgan fingerprint density at radius 3 is 1.48 bits per heavy atom. The summed E-state index contributed by atoms with van der Waals surface area (Å²) in [5.41, 5.74) is 0. The molecule has 2 aliphatic carbocycles. The molecule has 0 radical (unpaired) electrons. The van der Waals surface area contributed by atoms with Crippen LogP contribution >= 0.6 is 69.6 Å².